The predicted molar refractivity (Wildman–Crippen MR) is 95.3 cm³/mol. The third-order valence-corrected chi connectivity index (χ3v) is 5.46. The third-order valence-electron chi connectivity index (χ3n) is 4.29. The molecule has 2 aromatic carbocycles. The van der Waals surface area contributed by atoms with Crippen LogP contribution in [0.1, 0.15) is 24.9 Å². The molecule has 120 valence electrons. The maximum atomic E-state index is 12.3. The molecule has 2 aromatic rings. The van der Waals surface area contributed by atoms with E-state index < -0.39 is 5.60 Å². The van der Waals surface area contributed by atoms with Crippen molar-refractivity contribution in [2.75, 3.05) is 11.5 Å². The number of benzene rings is 2. The van der Waals surface area contributed by atoms with Crippen molar-refractivity contribution in [3.05, 3.63) is 60.2 Å². The smallest absolute Gasteiger partial charge is 0.253 e. The molecule has 0 aromatic heterocycles. The van der Waals surface area contributed by atoms with Crippen LogP contribution in [0.3, 0.4) is 0 Å². The lowest BCUT2D eigenvalue weighted by atomic mass is 9.99. The van der Waals surface area contributed by atoms with Crippen LogP contribution in [0.15, 0.2) is 54.6 Å². The molecule has 0 saturated carbocycles. The van der Waals surface area contributed by atoms with Crippen LogP contribution < -0.4 is 5.32 Å². The van der Waals surface area contributed by atoms with Crippen LogP contribution in [-0.2, 0) is 4.79 Å². The van der Waals surface area contributed by atoms with Crippen molar-refractivity contribution < 1.29 is 9.90 Å². The molecule has 1 heterocycles. The summed E-state index contributed by atoms with van der Waals surface area (Å²) in [6.45, 7) is 1.95. The molecule has 0 spiro atoms. The summed E-state index contributed by atoms with van der Waals surface area (Å²) in [5, 5.41) is 13.3. The minimum absolute atomic E-state index is 0.123. The van der Waals surface area contributed by atoms with Gasteiger partial charge < -0.3 is 10.4 Å². The van der Waals surface area contributed by atoms with Crippen molar-refractivity contribution in [1.82, 2.24) is 5.32 Å². The summed E-state index contributed by atoms with van der Waals surface area (Å²) < 4.78 is 0. The summed E-state index contributed by atoms with van der Waals surface area (Å²) in [6, 6.07) is 18.3. The zero-order valence-corrected chi connectivity index (χ0v) is 14.0. The van der Waals surface area contributed by atoms with Crippen LogP contribution in [0.4, 0.5) is 0 Å². The first-order chi connectivity index (χ1) is 11.1. The lowest BCUT2D eigenvalue weighted by molar-refractivity contribution is -0.137. The Morgan fingerprint density at radius 3 is 2.39 bits per heavy atom. The SMILES string of the molecule is CC(NC(=O)C1(O)CCSC1)c1ccc(-c2ccccc2)cc1. The summed E-state index contributed by atoms with van der Waals surface area (Å²) in [7, 11) is 0. The highest BCUT2D eigenvalue weighted by molar-refractivity contribution is 7.99. The van der Waals surface area contributed by atoms with E-state index in [-0.39, 0.29) is 11.9 Å². The number of amides is 1. The van der Waals surface area contributed by atoms with Gasteiger partial charge in [-0.15, -0.1) is 0 Å². The normalized spacial score (nSPS) is 21.8. The Morgan fingerprint density at radius 2 is 1.78 bits per heavy atom. The second kappa shape index (κ2) is 6.77. The first kappa shape index (κ1) is 16.1. The highest BCUT2D eigenvalue weighted by Gasteiger charge is 2.39. The molecule has 1 fully saturated rings. The molecule has 0 radical (unpaired) electrons. The molecule has 1 saturated heterocycles. The van der Waals surface area contributed by atoms with Gasteiger partial charge in [0.2, 0.25) is 0 Å². The molecule has 1 aliphatic heterocycles. The van der Waals surface area contributed by atoms with Crippen LogP contribution in [0.2, 0.25) is 0 Å². The van der Waals surface area contributed by atoms with E-state index in [0.717, 1.165) is 16.9 Å². The van der Waals surface area contributed by atoms with Gasteiger partial charge in [0, 0.05) is 5.75 Å². The average molecular weight is 327 g/mol. The van der Waals surface area contributed by atoms with Gasteiger partial charge in [-0.2, -0.15) is 11.8 Å². The van der Waals surface area contributed by atoms with Crippen LogP contribution in [0.25, 0.3) is 11.1 Å². The largest absolute Gasteiger partial charge is 0.379 e. The molecule has 3 rings (SSSR count). The lowest BCUT2D eigenvalue weighted by Crippen LogP contribution is -2.47. The van der Waals surface area contributed by atoms with Gasteiger partial charge in [-0.3, -0.25) is 4.79 Å². The van der Waals surface area contributed by atoms with Gasteiger partial charge in [0.15, 0.2) is 5.60 Å². The molecule has 1 amide bonds. The third kappa shape index (κ3) is 3.59. The molecular formula is C19H21NO2S. The minimum Gasteiger partial charge on any atom is -0.379 e. The highest BCUT2D eigenvalue weighted by atomic mass is 32.2. The summed E-state index contributed by atoms with van der Waals surface area (Å²) in [5.41, 5.74) is 2.15. The standard InChI is InChI=1S/C19H21NO2S/c1-14(20-18(21)19(22)11-12-23-13-19)15-7-9-17(10-8-15)16-5-3-2-4-6-16/h2-10,14,22H,11-13H2,1H3,(H,20,21). The van der Waals surface area contributed by atoms with E-state index in [9.17, 15) is 9.90 Å². The van der Waals surface area contributed by atoms with Crippen LogP contribution in [-0.4, -0.2) is 28.1 Å². The summed E-state index contributed by atoms with van der Waals surface area (Å²) in [4.78, 5) is 12.3. The molecule has 1 aliphatic rings. The molecule has 3 nitrogen and oxygen atoms in total. The number of aliphatic hydroxyl groups is 1. The van der Waals surface area contributed by atoms with Crippen molar-refractivity contribution in [2.24, 2.45) is 0 Å². The van der Waals surface area contributed by atoms with Gasteiger partial charge in [-0.05, 0) is 35.8 Å². The van der Waals surface area contributed by atoms with Gasteiger partial charge in [-0.1, -0.05) is 54.6 Å². The summed E-state index contributed by atoms with van der Waals surface area (Å²) >= 11 is 1.62. The first-order valence-corrected chi connectivity index (χ1v) is 9.00. The van der Waals surface area contributed by atoms with Crippen LogP contribution >= 0.6 is 11.8 Å². The van der Waals surface area contributed by atoms with E-state index in [0.29, 0.717) is 12.2 Å². The number of carbonyl (C=O) groups excluding carboxylic acids is 1. The number of hydrogen-bond donors (Lipinski definition) is 2. The molecule has 2 unspecified atom stereocenters. The molecule has 2 N–H and O–H groups in total. The van der Waals surface area contributed by atoms with E-state index in [1.807, 2.05) is 37.3 Å². The fourth-order valence-electron chi connectivity index (χ4n) is 2.74. The Balaban J connectivity index is 1.68. The maximum Gasteiger partial charge on any atom is 0.253 e. The molecule has 0 bridgehead atoms. The van der Waals surface area contributed by atoms with E-state index >= 15 is 0 Å². The number of hydrogen-bond acceptors (Lipinski definition) is 3. The predicted octanol–water partition coefficient (Wildman–Crippen LogP) is 3.40. The van der Waals surface area contributed by atoms with Gasteiger partial charge in [0.05, 0.1) is 6.04 Å². The Morgan fingerprint density at radius 1 is 1.13 bits per heavy atom. The monoisotopic (exact) mass is 327 g/mol. The fourth-order valence-corrected chi connectivity index (χ4v) is 3.98. The summed E-state index contributed by atoms with van der Waals surface area (Å²) in [6.07, 6.45) is 0.531. The zero-order chi connectivity index (χ0) is 16.3. The van der Waals surface area contributed by atoms with E-state index in [1.165, 1.54) is 5.56 Å². The van der Waals surface area contributed by atoms with E-state index in [4.69, 9.17) is 0 Å². The van der Waals surface area contributed by atoms with Crippen LogP contribution in [0, 0.1) is 0 Å². The Labute approximate surface area is 141 Å². The second-order valence-corrected chi connectivity index (χ2v) is 7.12. The molecule has 23 heavy (non-hydrogen) atoms. The number of carbonyl (C=O) groups is 1. The molecule has 4 heteroatoms. The topological polar surface area (TPSA) is 49.3 Å². The maximum absolute atomic E-state index is 12.3. The van der Waals surface area contributed by atoms with Crippen molar-refractivity contribution in [3.63, 3.8) is 0 Å². The Kier molecular flexibility index (Phi) is 4.74. The number of thioether (sulfide) groups is 1. The first-order valence-electron chi connectivity index (χ1n) is 7.85. The molecule has 0 aliphatic carbocycles. The van der Waals surface area contributed by atoms with E-state index in [1.54, 1.807) is 11.8 Å². The highest BCUT2D eigenvalue weighted by Crippen LogP contribution is 2.29. The fraction of sp³-hybridized carbons (Fsp3) is 0.316. The quantitative estimate of drug-likeness (QED) is 0.905. The zero-order valence-electron chi connectivity index (χ0n) is 13.2. The van der Waals surface area contributed by atoms with Crippen molar-refractivity contribution in [2.45, 2.75) is 25.0 Å². The van der Waals surface area contributed by atoms with Gasteiger partial charge in [0.1, 0.15) is 0 Å². The van der Waals surface area contributed by atoms with Crippen molar-refractivity contribution in [3.8, 4) is 11.1 Å². The number of nitrogens with one attached hydrogen (secondary N) is 1. The van der Waals surface area contributed by atoms with Gasteiger partial charge in [0.25, 0.3) is 5.91 Å². The van der Waals surface area contributed by atoms with Crippen LogP contribution in [0.5, 0.6) is 0 Å². The number of rotatable bonds is 4. The van der Waals surface area contributed by atoms with Gasteiger partial charge in [-0.25, -0.2) is 0 Å². The van der Waals surface area contributed by atoms with Crippen molar-refractivity contribution >= 4 is 17.7 Å². The summed E-state index contributed by atoms with van der Waals surface area (Å²) in [5.74, 6) is 1.06. The minimum atomic E-state index is -1.21. The Hall–Kier alpha value is -1.78. The second-order valence-electron chi connectivity index (χ2n) is 6.02. The van der Waals surface area contributed by atoms with Crippen molar-refractivity contribution in [1.29, 1.82) is 0 Å². The average Bonchev–Trinajstić information content (AvgIpc) is 3.04. The van der Waals surface area contributed by atoms with Gasteiger partial charge >= 0.3 is 0 Å². The van der Waals surface area contributed by atoms with E-state index in [2.05, 4.69) is 29.6 Å². The Bertz CT molecular complexity index is 664. The molecular weight excluding hydrogens is 306 g/mol. The molecule has 2 atom stereocenters. The lowest BCUT2D eigenvalue weighted by Gasteiger charge is -2.23.